The first-order valence-corrected chi connectivity index (χ1v) is 8.01. The zero-order valence-corrected chi connectivity index (χ0v) is 12.5. The van der Waals surface area contributed by atoms with Gasteiger partial charge in [-0.25, -0.2) is 0 Å². The van der Waals surface area contributed by atoms with Gasteiger partial charge in [-0.1, -0.05) is 25.6 Å². The van der Waals surface area contributed by atoms with Crippen LogP contribution in [0.5, 0.6) is 5.75 Å². The van der Waals surface area contributed by atoms with Crippen LogP contribution >= 0.6 is 11.8 Å². The average molecular weight is 278 g/mol. The second-order valence-corrected chi connectivity index (χ2v) is 5.71. The smallest absolute Gasteiger partial charge is 0.161 e. The number of amidine groups is 1. The summed E-state index contributed by atoms with van der Waals surface area (Å²) in [4.78, 5) is 4.70. The Hall–Kier alpha value is -1.16. The van der Waals surface area contributed by atoms with Gasteiger partial charge in [0.15, 0.2) is 5.17 Å². The van der Waals surface area contributed by atoms with Crippen LogP contribution in [-0.4, -0.2) is 23.6 Å². The van der Waals surface area contributed by atoms with E-state index in [9.17, 15) is 0 Å². The van der Waals surface area contributed by atoms with E-state index in [0.29, 0.717) is 6.04 Å². The minimum Gasteiger partial charge on any atom is -0.494 e. The number of hydrogen-bond donors (Lipinski definition) is 1. The summed E-state index contributed by atoms with van der Waals surface area (Å²) in [5.41, 5.74) is 1.08. The molecule has 1 aliphatic heterocycles. The summed E-state index contributed by atoms with van der Waals surface area (Å²) in [6.45, 7) is 5.08. The number of aliphatic imine (C=N–C) groups is 1. The van der Waals surface area contributed by atoms with Crippen molar-refractivity contribution in [3.63, 3.8) is 0 Å². The fraction of sp³-hybridized carbons (Fsp3) is 0.533. The van der Waals surface area contributed by atoms with Crippen LogP contribution in [0, 0.1) is 0 Å². The summed E-state index contributed by atoms with van der Waals surface area (Å²) in [6, 6.07) is 8.58. The normalized spacial score (nSPS) is 18.8. The molecule has 0 aromatic heterocycles. The zero-order valence-electron chi connectivity index (χ0n) is 11.7. The Labute approximate surface area is 119 Å². The molecule has 4 heteroatoms. The van der Waals surface area contributed by atoms with Crippen LogP contribution in [0.15, 0.2) is 29.3 Å². The number of nitrogens with one attached hydrogen (secondary N) is 1. The van der Waals surface area contributed by atoms with Crippen molar-refractivity contribution in [2.75, 3.05) is 17.7 Å². The van der Waals surface area contributed by atoms with Crippen LogP contribution in [0.2, 0.25) is 0 Å². The zero-order chi connectivity index (χ0) is 13.5. The van der Waals surface area contributed by atoms with Gasteiger partial charge in [0.1, 0.15) is 5.75 Å². The number of nitrogens with zero attached hydrogens (tertiary/aromatic N) is 1. The fourth-order valence-electron chi connectivity index (χ4n) is 1.90. The summed E-state index contributed by atoms with van der Waals surface area (Å²) in [7, 11) is 0. The third-order valence-electron chi connectivity index (χ3n) is 3.04. The molecule has 1 aromatic rings. The van der Waals surface area contributed by atoms with Crippen LogP contribution in [0.4, 0.5) is 5.69 Å². The summed E-state index contributed by atoms with van der Waals surface area (Å²) in [6.07, 6.45) is 3.34. The Morgan fingerprint density at radius 3 is 2.79 bits per heavy atom. The van der Waals surface area contributed by atoms with Crippen LogP contribution in [-0.2, 0) is 0 Å². The van der Waals surface area contributed by atoms with Gasteiger partial charge in [0.25, 0.3) is 0 Å². The van der Waals surface area contributed by atoms with E-state index in [1.54, 1.807) is 11.8 Å². The second-order valence-electron chi connectivity index (χ2n) is 4.63. The molecule has 2 rings (SSSR count). The Morgan fingerprint density at radius 1 is 1.32 bits per heavy atom. The third kappa shape index (κ3) is 4.46. The Morgan fingerprint density at radius 2 is 2.11 bits per heavy atom. The average Bonchev–Trinajstić information content (AvgIpc) is 2.47. The van der Waals surface area contributed by atoms with E-state index in [1.807, 2.05) is 24.3 Å². The van der Waals surface area contributed by atoms with Crippen molar-refractivity contribution in [3.8, 4) is 5.75 Å². The minimum atomic E-state index is 0.482. The molecule has 1 unspecified atom stereocenters. The highest BCUT2D eigenvalue weighted by Crippen LogP contribution is 2.22. The maximum atomic E-state index is 5.57. The van der Waals surface area contributed by atoms with E-state index >= 15 is 0 Å². The molecule has 1 N–H and O–H groups in total. The van der Waals surface area contributed by atoms with Gasteiger partial charge in [0.05, 0.1) is 12.6 Å². The summed E-state index contributed by atoms with van der Waals surface area (Å²) in [5.74, 6) is 2.08. The molecule has 0 bridgehead atoms. The molecule has 0 spiro atoms. The number of benzene rings is 1. The van der Waals surface area contributed by atoms with E-state index in [0.717, 1.165) is 41.8 Å². The van der Waals surface area contributed by atoms with Crippen LogP contribution in [0.3, 0.4) is 0 Å². The fourth-order valence-corrected chi connectivity index (χ4v) is 2.90. The largest absolute Gasteiger partial charge is 0.494 e. The predicted octanol–water partition coefficient (Wildman–Crippen LogP) is 4.16. The molecule has 1 aliphatic rings. The van der Waals surface area contributed by atoms with E-state index in [2.05, 4.69) is 19.2 Å². The highest BCUT2D eigenvalue weighted by molar-refractivity contribution is 8.14. The van der Waals surface area contributed by atoms with Gasteiger partial charge in [0.2, 0.25) is 0 Å². The Balaban J connectivity index is 1.93. The van der Waals surface area contributed by atoms with Crippen molar-refractivity contribution < 1.29 is 4.74 Å². The maximum absolute atomic E-state index is 5.57. The number of hydrogen-bond acceptors (Lipinski definition) is 4. The lowest BCUT2D eigenvalue weighted by atomic mass is 10.2. The topological polar surface area (TPSA) is 33.6 Å². The van der Waals surface area contributed by atoms with Gasteiger partial charge in [0, 0.05) is 11.4 Å². The van der Waals surface area contributed by atoms with Crippen LogP contribution < -0.4 is 10.1 Å². The number of thioether (sulfide) groups is 1. The lowest BCUT2D eigenvalue weighted by molar-refractivity contribution is 0.317. The lowest BCUT2D eigenvalue weighted by Crippen LogP contribution is -2.19. The summed E-state index contributed by atoms with van der Waals surface area (Å²) >= 11 is 1.80. The van der Waals surface area contributed by atoms with Gasteiger partial charge < -0.3 is 10.1 Å². The van der Waals surface area contributed by atoms with E-state index in [4.69, 9.17) is 9.73 Å². The molecule has 104 valence electrons. The third-order valence-corrected chi connectivity index (χ3v) is 3.96. The van der Waals surface area contributed by atoms with Crippen molar-refractivity contribution in [1.29, 1.82) is 0 Å². The predicted molar refractivity (Wildman–Crippen MR) is 84.4 cm³/mol. The van der Waals surface area contributed by atoms with Crippen LogP contribution in [0.25, 0.3) is 0 Å². The van der Waals surface area contributed by atoms with Crippen molar-refractivity contribution in [1.82, 2.24) is 0 Å². The minimum absolute atomic E-state index is 0.482. The lowest BCUT2D eigenvalue weighted by Gasteiger charge is -2.19. The molecule has 3 nitrogen and oxygen atoms in total. The maximum Gasteiger partial charge on any atom is 0.161 e. The summed E-state index contributed by atoms with van der Waals surface area (Å²) < 4.78 is 5.57. The molecule has 0 amide bonds. The highest BCUT2D eigenvalue weighted by atomic mass is 32.2. The van der Waals surface area contributed by atoms with Gasteiger partial charge in [-0.15, -0.1) is 0 Å². The van der Waals surface area contributed by atoms with Crippen molar-refractivity contribution in [2.24, 2.45) is 4.99 Å². The van der Waals surface area contributed by atoms with Gasteiger partial charge in [-0.2, -0.15) is 0 Å². The molecule has 0 aliphatic carbocycles. The molecule has 19 heavy (non-hydrogen) atoms. The first-order chi connectivity index (χ1) is 9.31. The monoisotopic (exact) mass is 278 g/mol. The van der Waals surface area contributed by atoms with Crippen molar-refractivity contribution in [2.45, 2.75) is 39.2 Å². The van der Waals surface area contributed by atoms with Gasteiger partial charge in [-0.3, -0.25) is 4.99 Å². The standard InChI is InChI=1S/C15H22N2OS/c1-3-10-18-14-7-5-13(6-8-14)17-15-16-12(4-2)9-11-19-15/h5-8,12H,3-4,9-11H2,1-2H3,(H,16,17). The van der Waals surface area contributed by atoms with E-state index in [1.165, 1.54) is 6.42 Å². The molecule has 0 radical (unpaired) electrons. The molecule has 1 aromatic carbocycles. The van der Waals surface area contributed by atoms with Crippen LogP contribution in [0.1, 0.15) is 33.1 Å². The first kappa shape index (κ1) is 14.3. The van der Waals surface area contributed by atoms with Gasteiger partial charge in [-0.05, 0) is 43.5 Å². The molecule has 1 heterocycles. The summed E-state index contributed by atoms with van der Waals surface area (Å²) in [5, 5.41) is 4.43. The van der Waals surface area contributed by atoms with Gasteiger partial charge >= 0.3 is 0 Å². The quantitative estimate of drug-likeness (QED) is 0.878. The second kappa shape index (κ2) is 7.43. The SMILES string of the molecule is CCCOc1ccc(NC2=NC(CC)CCS2)cc1. The molecule has 0 saturated heterocycles. The molecule has 0 fully saturated rings. The number of rotatable bonds is 5. The van der Waals surface area contributed by atoms with Crippen molar-refractivity contribution >= 4 is 22.6 Å². The van der Waals surface area contributed by atoms with E-state index < -0.39 is 0 Å². The number of ether oxygens (including phenoxy) is 1. The highest BCUT2D eigenvalue weighted by Gasteiger charge is 2.13. The first-order valence-electron chi connectivity index (χ1n) is 7.02. The molecule has 1 atom stereocenters. The van der Waals surface area contributed by atoms with Crippen molar-refractivity contribution in [3.05, 3.63) is 24.3 Å². The Kier molecular flexibility index (Phi) is 5.58. The molecular weight excluding hydrogens is 256 g/mol. The Bertz CT molecular complexity index is 417. The van der Waals surface area contributed by atoms with E-state index in [-0.39, 0.29) is 0 Å². The molecule has 0 saturated carbocycles. The number of anilines is 1. The molecular formula is C15H22N2OS.